The number of amides is 12. The van der Waals surface area contributed by atoms with E-state index in [4.69, 9.17) is 24.8 Å². The van der Waals surface area contributed by atoms with Gasteiger partial charge in [0, 0.05) is 129 Å². The number of benzene rings is 4. The lowest BCUT2D eigenvalue weighted by molar-refractivity contribution is -0.0535. The minimum absolute atomic E-state index is 0.0461. The zero-order valence-corrected chi connectivity index (χ0v) is 80.3. The zero-order valence-electron chi connectivity index (χ0n) is 77.1. The maximum Gasteiger partial charge on any atom is 0.333 e. The maximum atomic E-state index is 12.8. The molecule has 0 atom stereocenters. The number of aromatic nitrogens is 8. The molecule has 132 heavy (non-hydrogen) atoms. The average molecular weight is 1910 g/mol. The molecule has 0 radical (unpaired) electrons. The number of aryl methyl sites for hydroxylation is 8. The summed E-state index contributed by atoms with van der Waals surface area (Å²) in [4.78, 5) is 107. The SMILES string of the molecule is CC(C)c1cccc(C(C)C)c1NC(=O)NS(=O)(=O)c1cc(C(=O)N2CCOCC2)n(C)n1.CCN(CCO)C(=O)c1cc(S(=O)(=O)NC(=O)Nc2c3c(cc4c2CCC4)CCC3)nn1C.CN(CC(O)O)C(=O)c1cc(S(=O)(=O)NC(=O)Nc2c3c(cc4c2CCC4)CCC3)nn1C.COCCN(C)C(=O)c1cc(S(=O)(=O)NC(=O)Nc2c(C(C)C)cccc2C(C)C)nn1C. The van der Waals surface area contributed by atoms with Crippen molar-refractivity contribution in [3.05, 3.63) is 162 Å². The number of anilines is 4. The van der Waals surface area contributed by atoms with Crippen molar-refractivity contribution in [3.63, 3.8) is 0 Å². The largest absolute Gasteiger partial charge is 0.395 e. The van der Waals surface area contributed by atoms with Crippen LogP contribution in [0.5, 0.6) is 0 Å². The van der Waals surface area contributed by atoms with Crippen LogP contribution in [0, 0.1) is 0 Å². The molecule has 4 aromatic heterocycles. The Morgan fingerprint density at radius 3 is 1.05 bits per heavy atom. The predicted octanol–water partition coefficient (Wildman–Crippen LogP) is 7.20. The van der Waals surface area contributed by atoms with Crippen molar-refractivity contribution in [2.45, 2.75) is 189 Å². The van der Waals surface area contributed by atoms with E-state index in [2.05, 4.69) is 53.8 Å². The molecule has 5 aliphatic rings. The van der Waals surface area contributed by atoms with Gasteiger partial charge in [-0.1, -0.05) is 104 Å². The summed E-state index contributed by atoms with van der Waals surface area (Å²) >= 11 is 0. The number of fused-ring (bicyclic) bond motifs is 4. The molecular weight excluding hydrogens is 1790 g/mol. The van der Waals surface area contributed by atoms with Crippen molar-refractivity contribution in [3.8, 4) is 0 Å². The summed E-state index contributed by atoms with van der Waals surface area (Å²) < 4.78 is 125. The van der Waals surface area contributed by atoms with Crippen LogP contribution in [0.15, 0.2) is 92.9 Å². The Hall–Kier alpha value is -11.7. The van der Waals surface area contributed by atoms with Gasteiger partial charge in [0.15, 0.2) is 26.4 Å². The van der Waals surface area contributed by atoms with Crippen molar-refractivity contribution in [2.75, 3.05) is 108 Å². The van der Waals surface area contributed by atoms with Crippen molar-refractivity contribution >= 4 is 111 Å². The third kappa shape index (κ3) is 24.6. The van der Waals surface area contributed by atoms with Gasteiger partial charge in [-0.25, -0.2) is 38.1 Å². The molecule has 1 saturated heterocycles. The number of carbonyl (C=O) groups is 8. The van der Waals surface area contributed by atoms with E-state index in [1.807, 2.05) is 111 Å². The third-order valence-corrected chi connectivity index (χ3v) is 27.9. The fourth-order valence-electron chi connectivity index (χ4n) is 16.3. The highest BCUT2D eigenvalue weighted by Gasteiger charge is 2.36. The number of nitrogens with zero attached hydrogens (tertiary/aromatic N) is 12. The molecule has 4 aromatic carbocycles. The maximum absolute atomic E-state index is 12.8. The van der Waals surface area contributed by atoms with E-state index in [1.54, 1.807) is 18.9 Å². The van der Waals surface area contributed by atoms with E-state index in [9.17, 15) is 72.0 Å². The number of sulfonamides is 4. The van der Waals surface area contributed by atoms with Crippen LogP contribution in [0.3, 0.4) is 0 Å². The van der Waals surface area contributed by atoms with Crippen molar-refractivity contribution in [1.82, 2.24) is 77.6 Å². The number of ether oxygens (including phenoxy) is 2. The number of likely N-dealkylation sites (N-methyl/N-ethyl adjacent to an activating group) is 3. The van der Waals surface area contributed by atoms with Crippen molar-refractivity contribution < 1.29 is 96.8 Å². The van der Waals surface area contributed by atoms with Crippen LogP contribution in [0.1, 0.15) is 220 Å². The molecular formula is C87H120N20O21S4. The second-order valence-electron chi connectivity index (χ2n) is 33.8. The van der Waals surface area contributed by atoms with Gasteiger partial charge in [-0.2, -0.15) is 54.1 Å². The van der Waals surface area contributed by atoms with Gasteiger partial charge in [-0.3, -0.25) is 37.9 Å². The Bertz CT molecular complexity index is 6020. The fraction of sp³-hybridized carbons (Fsp3) is 0.494. The molecule has 5 heterocycles. The summed E-state index contributed by atoms with van der Waals surface area (Å²) in [5.41, 5.74) is 15.6. The molecule has 12 amide bonds. The first-order chi connectivity index (χ1) is 62.2. The quantitative estimate of drug-likeness (QED) is 0.0216. The number of carbonyl (C=O) groups excluding carboxylic acids is 8. The van der Waals surface area contributed by atoms with E-state index in [0.717, 1.165) is 160 Å². The zero-order chi connectivity index (χ0) is 96.9. The number of morpholine rings is 1. The molecule has 1 fully saturated rings. The fourth-order valence-corrected chi connectivity index (χ4v) is 19.9. The first-order valence-corrected chi connectivity index (χ1v) is 49.4. The number of hydrogen-bond acceptors (Lipinski definition) is 25. The van der Waals surface area contributed by atoms with E-state index >= 15 is 0 Å². The van der Waals surface area contributed by atoms with E-state index in [1.165, 1.54) is 89.8 Å². The number of methoxy groups -OCH3 is 1. The molecule has 0 unspecified atom stereocenters. The topological polar surface area (TPSA) is 533 Å². The van der Waals surface area contributed by atoms with Crippen molar-refractivity contribution in [1.29, 1.82) is 0 Å². The van der Waals surface area contributed by atoms with Crippen LogP contribution >= 0.6 is 0 Å². The Labute approximate surface area is 768 Å². The summed E-state index contributed by atoms with van der Waals surface area (Å²) in [5.74, 6) is -1.38. The number of aliphatic hydroxyl groups is 3. The smallest absolute Gasteiger partial charge is 0.333 e. The molecule has 718 valence electrons. The van der Waals surface area contributed by atoms with Crippen molar-refractivity contribution in [2.24, 2.45) is 28.2 Å². The number of urea groups is 4. The molecule has 13 rings (SSSR count). The van der Waals surface area contributed by atoms with E-state index in [-0.39, 0.29) is 72.1 Å². The third-order valence-electron chi connectivity index (χ3n) is 23.1. The van der Waals surface area contributed by atoms with Crippen LogP contribution in [-0.4, -0.2) is 249 Å². The molecule has 4 aliphatic carbocycles. The lowest BCUT2D eigenvalue weighted by Crippen LogP contribution is -2.41. The first-order valence-electron chi connectivity index (χ1n) is 43.4. The van der Waals surface area contributed by atoms with Gasteiger partial charge in [0.05, 0.1) is 33.0 Å². The Kier molecular flexibility index (Phi) is 33.9. The lowest BCUT2D eigenvalue weighted by atomic mass is 9.93. The van der Waals surface area contributed by atoms with Gasteiger partial charge in [-0.15, -0.1) is 0 Å². The van der Waals surface area contributed by atoms with E-state index in [0.29, 0.717) is 63.1 Å². The van der Waals surface area contributed by atoms with Gasteiger partial charge >= 0.3 is 24.1 Å². The Morgan fingerprint density at radius 2 is 0.742 bits per heavy atom. The first kappa shape index (κ1) is 102. The minimum atomic E-state index is -4.36. The second kappa shape index (κ2) is 43.8. The molecule has 1 aliphatic heterocycles. The summed E-state index contributed by atoms with van der Waals surface area (Å²) in [6, 6.07) is 16.9. The summed E-state index contributed by atoms with van der Waals surface area (Å²) in [6.07, 6.45) is 9.52. The van der Waals surface area contributed by atoms with Gasteiger partial charge in [-0.05, 0) is 174 Å². The highest BCUT2D eigenvalue weighted by Crippen LogP contribution is 2.41. The van der Waals surface area contributed by atoms with Crippen LogP contribution in [0.2, 0.25) is 0 Å². The molecule has 11 N–H and O–H groups in total. The molecule has 0 bridgehead atoms. The molecule has 8 aromatic rings. The average Bonchev–Trinajstić information content (AvgIpc) is 1.62. The molecule has 41 nitrogen and oxygen atoms in total. The number of rotatable bonds is 28. The summed E-state index contributed by atoms with van der Waals surface area (Å²) in [6.45, 7) is 20.0. The summed E-state index contributed by atoms with van der Waals surface area (Å²) in [7, 11) is -7.05. The minimum Gasteiger partial charge on any atom is -0.395 e. The molecule has 0 spiro atoms. The molecule has 0 saturated carbocycles. The van der Waals surface area contributed by atoms with Crippen LogP contribution < -0.4 is 40.2 Å². The standard InChI is InChI=1S/C22H29N5O5S.C22H31N5O5S.C22H33N5O5S.C21H27N5O6S/c1-3-27(10-11-28)21(29)18-13-19(24-26(18)2)33(31,32)25-22(30)23-20-16-8-4-6-14(16)12-15-7-5-9-17(15)20;1-14(2)16-7-6-8-17(15(3)4)20(16)23-22(29)25-33(30,31)19-13-18(26(5)24-19)21(28)27-9-11-32-12-10-27;1-14(2)16-9-8-10-17(15(3)4)20(16)23-22(29)25-33(30,31)19-13-18(27(6)24-19)21(28)26(5)11-12-32-7;1-25(11-18(27)28)20(29)16-10-17(23-26(16)2)33(31,32)24-21(30)22-19-14-7-3-5-12(14)9-13-6-4-8-15(13)19/h12-13,28H,3-11H2,1-2H3,(H2,23,25,30);6-8,13-15H,9-12H2,1-5H3,(H2,23,25,29);8-10,13-15H,11-12H2,1-7H3,(H2,23,25,29);9-10,18,27-28H,3-8,11H2,1-2H3,(H2,22,24,30). The van der Waals surface area contributed by atoms with Crippen LogP contribution in [0.25, 0.3) is 0 Å². The van der Waals surface area contributed by atoms with Gasteiger partial charge in [0.25, 0.3) is 63.7 Å². The Balaban J connectivity index is 0.000000183. The predicted molar refractivity (Wildman–Crippen MR) is 490 cm³/mol. The van der Waals surface area contributed by atoms with Gasteiger partial charge in [0.1, 0.15) is 22.8 Å². The van der Waals surface area contributed by atoms with Gasteiger partial charge < -0.3 is 65.7 Å². The highest BCUT2D eigenvalue weighted by atomic mass is 32.2. The summed E-state index contributed by atoms with van der Waals surface area (Å²) in [5, 5.41) is 52.1. The number of para-hydroxylation sites is 2. The normalized spacial score (nSPS) is 13.9. The van der Waals surface area contributed by atoms with E-state index < -0.39 is 108 Å². The lowest BCUT2D eigenvalue weighted by Gasteiger charge is -2.26. The number of hydrogen-bond donors (Lipinski definition) is 11. The monoisotopic (exact) mass is 1910 g/mol. The Morgan fingerprint density at radius 1 is 0.439 bits per heavy atom. The highest BCUT2D eigenvalue weighted by molar-refractivity contribution is 7.90. The second-order valence-corrected chi connectivity index (χ2v) is 40.3. The van der Waals surface area contributed by atoms with Crippen LogP contribution in [0.4, 0.5) is 41.9 Å². The van der Waals surface area contributed by atoms with Gasteiger partial charge in [0.2, 0.25) is 0 Å². The number of aliphatic hydroxyl groups excluding tert-OH is 2. The van der Waals surface area contributed by atoms with Crippen LogP contribution in [-0.2, 0) is 129 Å². The number of nitrogens with one attached hydrogen (secondary N) is 8. The molecule has 45 heteroatoms.